The summed E-state index contributed by atoms with van der Waals surface area (Å²) in [6.07, 6.45) is 3.16. The molecule has 27 heavy (non-hydrogen) atoms. The zero-order valence-corrected chi connectivity index (χ0v) is 17.0. The van der Waals surface area contributed by atoms with Crippen molar-refractivity contribution in [3.05, 3.63) is 57.2 Å². The number of nitrogens with zero attached hydrogens (tertiary/aromatic N) is 3. The van der Waals surface area contributed by atoms with Crippen LogP contribution in [0.25, 0.3) is 10.2 Å². The van der Waals surface area contributed by atoms with Gasteiger partial charge in [0.1, 0.15) is 4.83 Å². The van der Waals surface area contributed by atoms with Gasteiger partial charge in [0, 0.05) is 14.1 Å². The summed E-state index contributed by atoms with van der Waals surface area (Å²) >= 11 is 2.78. The Morgan fingerprint density at radius 1 is 1.37 bits per heavy atom. The summed E-state index contributed by atoms with van der Waals surface area (Å²) in [7, 11) is 3.59. The molecule has 5 nitrogen and oxygen atoms in total. The van der Waals surface area contributed by atoms with E-state index in [9.17, 15) is 9.59 Å². The average molecular weight is 400 g/mol. The number of aromatic nitrogens is 2. The SMILES string of the molecule is CN(C(=O)CSc1nc2sccc2c(=O)n1C)C1CCCc2ccccc21. The highest BCUT2D eigenvalue weighted by atomic mass is 32.2. The van der Waals surface area contributed by atoms with Gasteiger partial charge in [0.2, 0.25) is 5.91 Å². The van der Waals surface area contributed by atoms with Crippen LogP contribution < -0.4 is 5.56 Å². The predicted octanol–water partition coefficient (Wildman–Crippen LogP) is 3.62. The van der Waals surface area contributed by atoms with Gasteiger partial charge in [-0.2, -0.15) is 0 Å². The molecule has 4 rings (SSSR count). The molecule has 1 unspecified atom stereocenters. The van der Waals surface area contributed by atoms with Crippen molar-refractivity contribution in [2.45, 2.75) is 30.5 Å². The monoisotopic (exact) mass is 399 g/mol. The topological polar surface area (TPSA) is 55.2 Å². The van der Waals surface area contributed by atoms with Crippen LogP contribution in [0.4, 0.5) is 0 Å². The molecule has 0 saturated heterocycles. The summed E-state index contributed by atoms with van der Waals surface area (Å²) in [5.74, 6) is 0.328. The summed E-state index contributed by atoms with van der Waals surface area (Å²) in [5, 5.41) is 3.09. The maximum absolute atomic E-state index is 12.8. The first kappa shape index (κ1) is 18.3. The van der Waals surface area contributed by atoms with Gasteiger partial charge in [-0.25, -0.2) is 4.98 Å². The van der Waals surface area contributed by atoms with Crippen LogP contribution in [0.15, 0.2) is 45.7 Å². The van der Waals surface area contributed by atoms with Crippen LogP contribution in [-0.4, -0.2) is 33.2 Å². The number of carbonyl (C=O) groups is 1. The van der Waals surface area contributed by atoms with E-state index in [0.29, 0.717) is 10.5 Å². The first-order valence-corrected chi connectivity index (χ1v) is 10.8. The third-order valence-electron chi connectivity index (χ3n) is 5.19. The van der Waals surface area contributed by atoms with E-state index >= 15 is 0 Å². The highest BCUT2D eigenvalue weighted by Crippen LogP contribution is 2.34. The Morgan fingerprint density at radius 3 is 3.04 bits per heavy atom. The minimum Gasteiger partial charge on any atom is -0.338 e. The molecule has 0 spiro atoms. The molecule has 140 valence electrons. The largest absolute Gasteiger partial charge is 0.338 e. The van der Waals surface area contributed by atoms with Crippen LogP contribution >= 0.6 is 23.1 Å². The van der Waals surface area contributed by atoms with Crippen LogP contribution in [0, 0.1) is 0 Å². The standard InChI is InChI=1S/C20H21N3O2S2/c1-22(16-9-5-7-13-6-3-4-8-14(13)16)17(24)12-27-20-21-18-15(10-11-26-18)19(25)23(20)2/h3-4,6,8,10-11,16H,5,7,9,12H2,1-2H3. The number of hydrogen-bond acceptors (Lipinski definition) is 5. The Bertz CT molecular complexity index is 1060. The summed E-state index contributed by atoms with van der Waals surface area (Å²) < 4.78 is 1.53. The van der Waals surface area contributed by atoms with Crippen molar-refractivity contribution < 1.29 is 4.79 Å². The first-order chi connectivity index (χ1) is 13.1. The van der Waals surface area contributed by atoms with Gasteiger partial charge in [-0.05, 0) is 41.8 Å². The average Bonchev–Trinajstić information content (AvgIpc) is 3.17. The molecule has 2 heterocycles. The van der Waals surface area contributed by atoms with E-state index < -0.39 is 0 Å². The Morgan fingerprint density at radius 2 is 2.19 bits per heavy atom. The lowest BCUT2D eigenvalue weighted by Crippen LogP contribution is -2.34. The predicted molar refractivity (Wildman–Crippen MR) is 110 cm³/mol. The normalized spacial score (nSPS) is 16.3. The molecule has 0 N–H and O–H groups in total. The van der Waals surface area contributed by atoms with Crippen molar-refractivity contribution in [2.75, 3.05) is 12.8 Å². The van der Waals surface area contributed by atoms with Crippen molar-refractivity contribution in [1.82, 2.24) is 14.5 Å². The molecule has 0 bridgehead atoms. The third kappa shape index (κ3) is 3.41. The van der Waals surface area contributed by atoms with Gasteiger partial charge in [-0.3, -0.25) is 14.2 Å². The van der Waals surface area contributed by atoms with Gasteiger partial charge in [0.15, 0.2) is 5.16 Å². The smallest absolute Gasteiger partial charge is 0.262 e. The van der Waals surface area contributed by atoms with Crippen molar-refractivity contribution >= 4 is 39.2 Å². The van der Waals surface area contributed by atoms with E-state index in [4.69, 9.17) is 0 Å². The number of benzene rings is 1. The van der Waals surface area contributed by atoms with E-state index in [-0.39, 0.29) is 23.3 Å². The highest BCUT2D eigenvalue weighted by molar-refractivity contribution is 7.99. The molecule has 2 aromatic heterocycles. The van der Waals surface area contributed by atoms with E-state index in [0.717, 1.165) is 24.1 Å². The quantitative estimate of drug-likeness (QED) is 0.497. The molecule has 0 aliphatic heterocycles. The van der Waals surface area contributed by atoms with E-state index in [2.05, 4.69) is 23.2 Å². The molecule has 0 fully saturated rings. The third-order valence-corrected chi connectivity index (χ3v) is 7.01. The lowest BCUT2D eigenvalue weighted by atomic mass is 9.87. The van der Waals surface area contributed by atoms with Gasteiger partial charge < -0.3 is 4.90 Å². The summed E-state index contributed by atoms with van der Waals surface area (Å²) in [5.41, 5.74) is 2.54. The molecular weight excluding hydrogens is 378 g/mol. The summed E-state index contributed by atoms with van der Waals surface area (Å²) in [6.45, 7) is 0. The fraction of sp³-hybridized carbons (Fsp3) is 0.350. The van der Waals surface area contributed by atoms with Crippen LogP contribution in [0.1, 0.15) is 30.0 Å². The molecule has 1 aliphatic rings. The number of thioether (sulfide) groups is 1. The number of hydrogen-bond donors (Lipinski definition) is 0. The number of rotatable bonds is 4. The van der Waals surface area contributed by atoms with Crippen molar-refractivity contribution in [2.24, 2.45) is 7.05 Å². The van der Waals surface area contributed by atoms with E-state index in [1.165, 1.54) is 38.8 Å². The molecule has 7 heteroatoms. The van der Waals surface area contributed by atoms with Crippen LogP contribution in [0.5, 0.6) is 0 Å². The molecular formula is C20H21N3O2S2. The second kappa shape index (κ2) is 7.48. The zero-order chi connectivity index (χ0) is 19.0. The second-order valence-corrected chi connectivity index (χ2v) is 8.64. The van der Waals surface area contributed by atoms with Gasteiger partial charge in [0.05, 0.1) is 17.2 Å². The first-order valence-electron chi connectivity index (χ1n) is 8.96. The molecule has 0 saturated carbocycles. The minimum absolute atomic E-state index is 0.0576. The number of fused-ring (bicyclic) bond motifs is 2. The Labute approximate surface area is 166 Å². The molecule has 0 radical (unpaired) electrons. The fourth-order valence-corrected chi connectivity index (χ4v) is 5.34. The van der Waals surface area contributed by atoms with Gasteiger partial charge >= 0.3 is 0 Å². The van der Waals surface area contributed by atoms with Crippen LogP contribution in [-0.2, 0) is 18.3 Å². The summed E-state index contributed by atoms with van der Waals surface area (Å²) in [4.78, 5) is 32.3. The number of aryl methyl sites for hydroxylation is 1. The lowest BCUT2D eigenvalue weighted by Gasteiger charge is -2.33. The molecule has 3 aromatic rings. The minimum atomic E-state index is -0.0641. The van der Waals surface area contributed by atoms with Crippen molar-refractivity contribution in [3.63, 3.8) is 0 Å². The van der Waals surface area contributed by atoms with Crippen molar-refractivity contribution in [1.29, 1.82) is 0 Å². The number of carbonyl (C=O) groups excluding carboxylic acids is 1. The molecule has 1 aromatic carbocycles. The fourth-order valence-electron chi connectivity index (χ4n) is 3.64. The molecule has 1 atom stereocenters. The highest BCUT2D eigenvalue weighted by Gasteiger charge is 2.26. The Balaban J connectivity index is 1.50. The van der Waals surface area contributed by atoms with Gasteiger partial charge in [0.25, 0.3) is 5.56 Å². The lowest BCUT2D eigenvalue weighted by molar-refractivity contribution is -0.129. The van der Waals surface area contributed by atoms with Crippen LogP contribution in [0.2, 0.25) is 0 Å². The van der Waals surface area contributed by atoms with Gasteiger partial charge in [-0.15, -0.1) is 11.3 Å². The number of thiophene rings is 1. The Kier molecular flexibility index (Phi) is 5.06. The Hall–Kier alpha value is -2.12. The van der Waals surface area contributed by atoms with Crippen LogP contribution in [0.3, 0.4) is 0 Å². The van der Waals surface area contributed by atoms with Crippen molar-refractivity contribution in [3.8, 4) is 0 Å². The van der Waals surface area contributed by atoms with E-state index in [1.54, 1.807) is 13.1 Å². The second-order valence-electron chi connectivity index (χ2n) is 6.80. The zero-order valence-electron chi connectivity index (χ0n) is 15.3. The van der Waals surface area contributed by atoms with E-state index in [1.807, 2.05) is 23.4 Å². The maximum Gasteiger partial charge on any atom is 0.262 e. The molecule has 1 amide bonds. The van der Waals surface area contributed by atoms with Gasteiger partial charge in [-0.1, -0.05) is 36.0 Å². The summed E-state index contributed by atoms with van der Waals surface area (Å²) in [6, 6.07) is 10.3. The molecule has 1 aliphatic carbocycles. The maximum atomic E-state index is 12.8. The number of amides is 1.